The third kappa shape index (κ3) is 3.81. The summed E-state index contributed by atoms with van der Waals surface area (Å²) in [5, 5.41) is 5.95. The smallest absolute Gasteiger partial charge is 0.232 e. The van der Waals surface area contributed by atoms with Gasteiger partial charge in [-0.2, -0.15) is 5.10 Å². The van der Waals surface area contributed by atoms with E-state index in [-0.39, 0.29) is 0 Å². The van der Waals surface area contributed by atoms with E-state index in [2.05, 4.69) is 70.1 Å². The van der Waals surface area contributed by atoms with Crippen LogP contribution in [0.1, 0.15) is 43.9 Å². The van der Waals surface area contributed by atoms with Gasteiger partial charge in [-0.15, -0.1) is 0 Å². The first-order valence-electron chi connectivity index (χ1n) is 9.44. The molecule has 1 saturated carbocycles. The number of hydrogen-bond donors (Lipinski definition) is 0. The molecular formula is C22H22IN3O. The molecule has 0 bridgehead atoms. The molecular weight excluding hydrogens is 449 g/mol. The summed E-state index contributed by atoms with van der Waals surface area (Å²) in [6.45, 7) is 5.10. The first-order valence-corrected chi connectivity index (χ1v) is 10.5. The van der Waals surface area contributed by atoms with Crippen LogP contribution in [0, 0.1) is 28.3 Å². The zero-order valence-electron chi connectivity index (χ0n) is 15.6. The Labute approximate surface area is 173 Å². The Kier molecular flexibility index (Phi) is 5.35. The van der Waals surface area contributed by atoms with E-state index in [1.807, 2.05) is 12.1 Å². The number of aryl methyl sites for hydroxylation is 1. The molecule has 1 aliphatic carbocycles. The van der Waals surface area contributed by atoms with Gasteiger partial charge >= 0.3 is 0 Å². The minimum atomic E-state index is 0.610. The van der Waals surface area contributed by atoms with Gasteiger partial charge in [-0.1, -0.05) is 25.2 Å². The normalized spacial score (nSPS) is 13.9. The summed E-state index contributed by atoms with van der Waals surface area (Å²) in [7, 11) is 0. The standard InChI is InChI=1S/C22H22IN3O/c1-3-4-9-17-12-18-15(2)25-26(14-16-7-5-8-16)20(18)13-21(17)27-22-19(23)10-6-11-24-22/h6,10-13,16H,3,5,7-8,14H2,1-2H3. The maximum atomic E-state index is 6.19. The molecule has 138 valence electrons. The van der Waals surface area contributed by atoms with Crippen molar-refractivity contribution in [1.82, 2.24) is 14.8 Å². The van der Waals surface area contributed by atoms with E-state index in [4.69, 9.17) is 9.84 Å². The molecule has 0 atom stereocenters. The van der Waals surface area contributed by atoms with Gasteiger partial charge in [-0.25, -0.2) is 4.98 Å². The number of aromatic nitrogens is 3. The molecule has 2 heterocycles. The van der Waals surface area contributed by atoms with Crippen molar-refractivity contribution in [1.29, 1.82) is 0 Å². The number of ether oxygens (including phenoxy) is 1. The van der Waals surface area contributed by atoms with E-state index in [9.17, 15) is 0 Å². The Morgan fingerprint density at radius 2 is 2.19 bits per heavy atom. The molecule has 2 aromatic heterocycles. The number of fused-ring (bicyclic) bond motifs is 1. The number of rotatable bonds is 4. The van der Waals surface area contributed by atoms with E-state index >= 15 is 0 Å². The molecule has 0 saturated heterocycles. The van der Waals surface area contributed by atoms with Gasteiger partial charge in [0.2, 0.25) is 5.88 Å². The average molecular weight is 471 g/mol. The minimum Gasteiger partial charge on any atom is -0.437 e. The molecule has 1 aromatic carbocycles. The number of pyridine rings is 1. The average Bonchev–Trinajstić information content (AvgIpc) is 2.93. The molecule has 0 aliphatic heterocycles. The van der Waals surface area contributed by atoms with Gasteiger partial charge in [0.05, 0.1) is 20.3 Å². The summed E-state index contributed by atoms with van der Waals surface area (Å²) in [6.07, 6.45) is 6.49. The predicted molar refractivity (Wildman–Crippen MR) is 116 cm³/mol. The largest absolute Gasteiger partial charge is 0.437 e. The fourth-order valence-electron chi connectivity index (χ4n) is 3.34. The lowest BCUT2D eigenvalue weighted by Crippen LogP contribution is -2.18. The fraction of sp³-hybridized carbons (Fsp3) is 0.364. The highest BCUT2D eigenvalue weighted by atomic mass is 127. The molecule has 0 radical (unpaired) electrons. The van der Waals surface area contributed by atoms with Crippen LogP contribution in [-0.4, -0.2) is 14.8 Å². The van der Waals surface area contributed by atoms with Gasteiger partial charge in [-0.05, 0) is 66.5 Å². The maximum Gasteiger partial charge on any atom is 0.232 e. The van der Waals surface area contributed by atoms with Gasteiger partial charge in [-0.3, -0.25) is 4.68 Å². The molecule has 4 rings (SSSR count). The van der Waals surface area contributed by atoms with E-state index in [1.54, 1.807) is 6.20 Å². The molecule has 3 aromatic rings. The molecule has 0 unspecified atom stereocenters. The Hall–Kier alpha value is -2.07. The fourth-order valence-corrected chi connectivity index (χ4v) is 3.79. The van der Waals surface area contributed by atoms with Crippen LogP contribution in [0.15, 0.2) is 30.5 Å². The summed E-state index contributed by atoms with van der Waals surface area (Å²) < 4.78 is 9.31. The van der Waals surface area contributed by atoms with Crippen molar-refractivity contribution in [2.24, 2.45) is 5.92 Å². The lowest BCUT2D eigenvalue weighted by molar-refractivity contribution is 0.269. The SMILES string of the molecule is CCC#Cc1cc2c(C)nn(CC3CCC3)c2cc1Oc1ncccc1I. The molecule has 1 aliphatic rings. The van der Waals surface area contributed by atoms with E-state index < -0.39 is 0 Å². The second-order valence-corrected chi connectivity index (χ2v) is 8.14. The third-order valence-electron chi connectivity index (χ3n) is 5.02. The van der Waals surface area contributed by atoms with Crippen LogP contribution in [0.25, 0.3) is 10.9 Å². The summed E-state index contributed by atoms with van der Waals surface area (Å²) in [5.41, 5.74) is 3.04. The quantitative estimate of drug-likeness (QED) is 0.362. The highest BCUT2D eigenvalue weighted by molar-refractivity contribution is 14.1. The van der Waals surface area contributed by atoms with Crippen LogP contribution >= 0.6 is 22.6 Å². The summed E-state index contributed by atoms with van der Waals surface area (Å²) in [5.74, 6) is 8.52. The Bertz CT molecular complexity index is 1040. The van der Waals surface area contributed by atoms with Crippen molar-refractivity contribution in [2.75, 3.05) is 0 Å². The van der Waals surface area contributed by atoms with Crippen LogP contribution in [0.3, 0.4) is 0 Å². The van der Waals surface area contributed by atoms with Crippen LogP contribution in [0.5, 0.6) is 11.6 Å². The Morgan fingerprint density at radius 1 is 1.33 bits per heavy atom. The van der Waals surface area contributed by atoms with Crippen molar-refractivity contribution in [3.05, 3.63) is 45.3 Å². The van der Waals surface area contributed by atoms with Crippen LogP contribution in [-0.2, 0) is 6.54 Å². The van der Waals surface area contributed by atoms with Gasteiger partial charge in [0, 0.05) is 30.6 Å². The lowest BCUT2D eigenvalue weighted by atomic mass is 9.85. The van der Waals surface area contributed by atoms with Gasteiger partial charge in [0.15, 0.2) is 0 Å². The first kappa shape index (κ1) is 18.3. The molecule has 0 N–H and O–H groups in total. The van der Waals surface area contributed by atoms with E-state index in [0.29, 0.717) is 5.88 Å². The van der Waals surface area contributed by atoms with Crippen molar-refractivity contribution in [2.45, 2.75) is 46.1 Å². The van der Waals surface area contributed by atoms with Crippen molar-refractivity contribution >= 4 is 33.5 Å². The lowest BCUT2D eigenvalue weighted by Gasteiger charge is -2.25. The molecule has 0 spiro atoms. The molecule has 0 amide bonds. The second-order valence-electron chi connectivity index (χ2n) is 6.98. The third-order valence-corrected chi connectivity index (χ3v) is 5.84. The summed E-state index contributed by atoms with van der Waals surface area (Å²) >= 11 is 2.24. The predicted octanol–water partition coefficient (Wildman–Crippen LogP) is 5.70. The zero-order valence-corrected chi connectivity index (χ0v) is 17.8. The second kappa shape index (κ2) is 7.89. The Balaban J connectivity index is 1.81. The van der Waals surface area contributed by atoms with Crippen molar-refractivity contribution < 1.29 is 4.74 Å². The van der Waals surface area contributed by atoms with Crippen LogP contribution in [0.2, 0.25) is 0 Å². The molecule has 27 heavy (non-hydrogen) atoms. The van der Waals surface area contributed by atoms with Gasteiger partial charge in [0.25, 0.3) is 0 Å². The highest BCUT2D eigenvalue weighted by Crippen LogP contribution is 2.34. The van der Waals surface area contributed by atoms with Crippen LogP contribution in [0.4, 0.5) is 0 Å². The van der Waals surface area contributed by atoms with Gasteiger partial charge < -0.3 is 4.74 Å². The Morgan fingerprint density at radius 3 is 2.89 bits per heavy atom. The van der Waals surface area contributed by atoms with Gasteiger partial charge in [0.1, 0.15) is 5.75 Å². The molecule has 4 nitrogen and oxygen atoms in total. The number of hydrogen-bond acceptors (Lipinski definition) is 3. The zero-order chi connectivity index (χ0) is 18.8. The summed E-state index contributed by atoms with van der Waals surface area (Å²) in [6, 6.07) is 8.09. The monoisotopic (exact) mass is 471 g/mol. The number of halogens is 1. The summed E-state index contributed by atoms with van der Waals surface area (Å²) in [4.78, 5) is 4.37. The number of nitrogens with zero attached hydrogens (tertiary/aromatic N) is 3. The topological polar surface area (TPSA) is 39.9 Å². The van der Waals surface area contributed by atoms with Crippen molar-refractivity contribution in [3.63, 3.8) is 0 Å². The maximum absolute atomic E-state index is 6.19. The van der Waals surface area contributed by atoms with E-state index in [0.717, 1.165) is 50.4 Å². The highest BCUT2D eigenvalue weighted by Gasteiger charge is 2.21. The van der Waals surface area contributed by atoms with E-state index in [1.165, 1.54) is 19.3 Å². The minimum absolute atomic E-state index is 0.610. The molecule has 5 heteroatoms. The number of benzene rings is 1. The van der Waals surface area contributed by atoms with Crippen molar-refractivity contribution in [3.8, 4) is 23.5 Å². The molecule has 1 fully saturated rings. The van der Waals surface area contributed by atoms with Crippen LogP contribution < -0.4 is 4.74 Å². The first-order chi connectivity index (χ1) is 13.2.